The lowest BCUT2D eigenvalue weighted by molar-refractivity contribution is -0.385. The number of nitro benzene ring substituents is 1. The van der Waals surface area contributed by atoms with E-state index in [0.29, 0.717) is 24.0 Å². The third-order valence-corrected chi connectivity index (χ3v) is 4.16. The number of nitrogens with zero attached hydrogens (tertiary/aromatic N) is 2. The lowest BCUT2D eigenvalue weighted by Crippen LogP contribution is -2.26. The second kappa shape index (κ2) is 5.30. The van der Waals surface area contributed by atoms with Gasteiger partial charge in [0, 0.05) is 23.3 Å². The van der Waals surface area contributed by atoms with Crippen molar-refractivity contribution in [3.8, 4) is 12.3 Å². The molecule has 0 amide bonds. The van der Waals surface area contributed by atoms with Crippen LogP contribution in [0.15, 0.2) is 41.6 Å². The zero-order valence-corrected chi connectivity index (χ0v) is 12.0. The summed E-state index contributed by atoms with van der Waals surface area (Å²) in [6.45, 7) is 0. The van der Waals surface area contributed by atoms with Gasteiger partial charge in [0.2, 0.25) is 0 Å². The highest BCUT2D eigenvalue weighted by Crippen LogP contribution is 2.40. The molecule has 0 fully saturated rings. The van der Waals surface area contributed by atoms with Gasteiger partial charge in [-0.3, -0.25) is 10.1 Å². The Morgan fingerprint density at radius 3 is 2.35 bits per heavy atom. The number of non-ortho nitro benzene ring substituents is 1. The van der Waals surface area contributed by atoms with Gasteiger partial charge in [0.25, 0.3) is 5.69 Å². The SMILES string of the molecule is C#CC1(O)c2cc(N=O)ccc2CCc2ccc([N+](=O)[O-])cc21. The molecule has 1 atom stereocenters. The summed E-state index contributed by atoms with van der Waals surface area (Å²) in [7, 11) is 0. The van der Waals surface area contributed by atoms with E-state index in [9.17, 15) is 20.1 Å². The van der Waals surface area contributed by atoms with Crippen LogP contribution in [-0.4, -0.2) is 10.0 Å². The minimum Gasteiger partial charge on any atom is -0.369 e. The van der Waals surface area contributed by atoms with E-state index in [2.05, 4.69) is 11.1 Å². The lowest BCUT2D eigenvalue weighted by Gasteiger charge is -2.25. The monoisotopic (exact) mass is 308 g/mol. The molecule has 0 saturated heterocycles. The second-order valence-electron chi connectivity index (χ2n) is 5.39. The molecule has 2 aromatic carbocycles. The maximum Gasteiger partial charge on any atom is 0.269 e. The van der Waals surface area contributed by atoms with Gasteiger partial charge in [-0.1, -0.05) is 18.1 Å². The quantitative estimate of drug-likeness (QED) is 0.399. The summed E-state index contributed by atoms with van der Waals surface area (Å²) in [5.74, 6) is 2.34. The van der Waals surface area contributed by atoms with Gasteiger partial charge < -0.3 is 5.11 Å². The standard InChI is InChI=1S/C17H12N2O4/c1-2-17(20)15-9-13(18-21)7-5-11(15)3-4-12-6-8-14(19(22)23)10-16(12)17/h1,5-10,20H,3-4H2. The Kier molecular flexibility index (Phi) is 3.43. The number of aryl methyl sites for hydroxylation is 2. The van der Waals surface area contributed by atoms with Crippen LogP contribution in [-0.2, 0) is 18.4 Å². The summed E-state index contributed by atoms with van der Waals surface area (Å²) in [5, 5.41) is 25.0. The topological polar surface area (TPSA) is 92.8 Å². The van der Waals surface area contributed by atoms with Crippen molar-refractivity contribution in [3.05, 3.63) is 73.7 Å². The predicted octanol–water partition coefficient (Wildman–Crippen LogP) is 2.96. The Bertz CT molecular complexity index is 869. The minimum atomic E-state index is -1.84. The molecule has 6 nitrogen and oxygen atoms in total. The Balaban J connectivity index is 2.31. The molecule has 0 spiro atoms. The highest BCUT2D eigenvalue weighted by Gasteiger charge is 2.37. The number of hydrogen-bond acceptors (Lipinski definition) is 5. The molecular formula is C17H12N2O4. The van der Waals surface area contributed by atoms with Gasteiger partial charge in [-0.05, 0) is 41.3 Å². The highest BCUT2D eigenvalue weighted by molar-refractivity contribution is 5.58. The first-order valence-corrected chi connectivity index (χ1v) is 6.94. The third kappa shape index (κ3) is 2.28. The van der Waals surface area contributed by atoms with Gasteiger partial charge in [0.1, 0.15) is 5.69 Å². The van der Waals surface area contributed by atoms with E-state index in [1.807, 2.05) is 0 Å². The Morgan fingerprint density at radius 1 is 1.17 bits per heavy atom. The summed E-state index contributed by atoms with van der Waals surface area (Å²) in [4.78, 5) is 21.3. The van der Waals surface area contributed by atoms with Crippen molar-refractivity contribution >= 4 is 11.4 Å². The molecule has 1 aliphatic rings. The summed E-state index contributed by atoms with van der Waals surface area (Å²) in [6, 6.07) is 9.00. The molecule has 2 aromatic rings. The molecule has 0 radical (unpaired) electrons. The van der Waals surface area contributed by atoms with Crippen molar-refractivity contribution < 1.29 is 10.0 Å². The van der Waals surface area contributed by atoms with Crippen molar-refractivity contribution in [1.29, 1.82) is 0 Å². The van der Waals surface area contributed by atoms with E-state index in [0.717, 1.165) is 11.1 Å². The average molecular weight is 308 g/mol. The largest absolute Gasteiger partial charge is 0.369 e. The molecule has 6 heteroatoms. The Labute approximate surface area is 131 Å². The number of fused-ring (bicyclic) bond motifs is 2. The fourth-order valence-corrected chi connectivity index (χ4v) is 2.98. The molecule has 1 aliphatic carbocycles. The smallest absolute Gasteiger partial charge is 0.269 e. The number of aliphatic hydroxyl groups is 1. The average Bonchev–Trinajstić information content (AvgIpc) is 2.70. The van der Waals surface area contributed by atoms with Crippen LogP contribution in [0.5, 0.6) is 0 Å². The fraction of sp³-hybridized carbons (Fsp3) is 0.176. The van der Waals surface area contributed by atoms with Gasteiger partial charge in [0.05, 0.1) is 4.92 Å². The van der Waals surface area contributed by atoms with Gasteiger partial charge >= 0.3 is 0 Å². The zero-order valence-electron chi connectivity index (χ0n) is 12.0. The Morgan fingerprint density at radius 2 is 1.78 bits per heavy atom. The van der Waals surface area contributed by atoms with Gasteiger partial charge in [-0.15, -0.1) is 11.3 Å². The van der Waals surface area contributed by atoms with Crippen molar-refractivity contribution in [1.82, 2.24) is 0 Å². The van der Waals surface area contributed by atoms with Crippen LogP contribution in [0.1, 0.15) is 22.3 Å². The highest BCUT2D eigenvalue weighted by atomic mass is 16.6. The minimum absolute atomic E-state index is 0.145. The summed E-state index contributed by atoms with van der Waals surface area (Å²) in [5.41, 5.74) is 0.363. The maximum absolute atomic E-state index is 11.1. The molecule has 1 N–H and O–H groups in total. The van der Waals surface area contributed by atoms with E-state index in [1.54, 1.807) is 18.2 Å². The summed E-state index contributed by atoms with van der Waals surface area (Å²) in [6.07, 6.45) is 6.76. The molecule has 3 rings (SSSR count). The van der Waals surface area contributed by atoms with Crippen molar-refractivity contribution in [2.45, 2.75) is 18.4 Å². The molecular weight excluding hydrogens is 296 g/mol. The number of terminal acetylenes is 1. The molecule has 0 aliphatic heterocycles. The zero-order chi connectivity index (χ0) is 16.6. The predicted molar refractivity (Wildman–Crippen MR) is 84.2 cm³/mol. The van der Waals surface area contributed by atoms with Crippen LogP contribution in [0.4, 0.5) is 11.4 Å². The normalized spacial score (nSPS) is 19.0. The molecule has 0 saturated carbocycles. The van der Waals surface area contributed by atoms with Crippen molar-refractivity contribution in [2.75, 3.05) is 0 Å². The van der Waals surface area contributed by atoms with Gasteiger partial charge in [0.15, 0.2) is 5.60 Å². The van der Waals surface area contributed by atoms with Crippen molar-refractivity contribution in [2.24, 2.45) is 5.18 Å². The van der Waals surface area contributed by atoms with Crippen LogP contribution < -0.4 is 0 Å². The molecule has 1 unspecified atom stereocenters. The number of hydrogen-bond donors (Lipinski definition) is 1. The lowest BCUT2D eigenvalue weighted by atomic mass is 9.83. The number of rotatable bonds is 2. The van der Waals surface area contributed by atoms with Crippen LogP contribution in [0.25, 0.3) is 0 Å². The summed E-state index contributed by atoms with van der Waals surface area (Å²) >= 11 is 0. The van der Waals surface area contributed by atoms with Crippen molar-refractivity contribution in [3.63, 3.8) is 0 Å². The van der Waals surface area contributed by atoms with E-state index in [1.165, 1.54) is 18.2 Å². The fourth-order valence-electron chi connectivity index (χ4n) is 2.98. The molecule has 23 heavy (non-hydrogen) atoms. The van der Waals surface area contributed by atoms with Gasteiger partial charge in [-0.2, -0.15) is 0 Å². The van der Waals surface area contributed by atoms with Crippen LogP contribution >= 0.6 is 0 Å². The second-order valence-corrected chi connectivity index (χ2v) is 5.39. The number of benzene rings is 2. The van der Waals surface area contributed by atoms with E-state index < -0.39 is 10.5 Å². The molecule has 0 aromatic heterocycles. The van der Waals surface area contributed by atoms with Crippen LogP contribution in [0.3, 0.4) is 0 Å². The first kappa shape index (κ1) is 14.9. The number of nitroso groups, excluding NO2 is 1. The number of nitro groups is 1. The van der Waals surface area contributed by atoms with Crippen LogP contribution in [0, 0.1) is 27.4 Å². The van der Waals surface area contributed by atoms with E-state index >= 15 is 0 Å². The summed E-state index contributed by atoms with van der Waals surface area (Å²) < 4.78 is 0. The molecule has 114 valence electrons. The van der Waals surface area contributed by atoms with Crippen LogP contribution in [0.2, 0.25) is 0 Å². The first-order valence-electron chi connectivity index (χ1n) is 6.94. The Hall–Kier alpha value is -3.04. The van der Waals surface area contributed by atoms with E-state index in [4.69, 9.17) is 6.42 Å². The van der Waals surface area contributed by atoms with E-state index in [-0.39, 0.29) is 11.4 Å². The molecule has 0 bridgehead atoms. The van der Waals surface area contributed by atoms with Gasteiger partial charge in [-0.25, -0.2) is 0 Å². The third-order valence-electron chi connectivity index (χ3n) is 4.16. The molecule has 0 heterocycles. The maximum atomic E-state index is 11.1. The first-order chi connectivity index (χ1) is 11.0.